The first-order chi connectivity index (χ1) is 21.3. The van der Waals surface area contributed by atoms with Gasteiger partial charge in [0.1, 0.15) is 11.5 Å². The number of hydrogen-bond acceptors (Lipinski definition) is 7. The Morgan fingerprint density at radius 3 is 2.16 bits per heavy atom. The van der Waals surface area contributed by atoms with E-state index < -0.39 is 23.7 Å². The van der Waals surface area contributed by atoms with Gasteiger partial charge in [0, 0.05) is 5.69 Å². The number of hydrogen-bond donors (Lipinski definition) is 3. The second-order valence-electron chi connectivity index (χ2n) is 9.70. The molecule has 0 saturated carbocycles. The van der Waals surface area contributed by atoms with E-state index >= 15 is 0 Å². The van der Waals surface area contributed by atoms with Crippen molar-refractivity contribution in [1.29, 1.82) is 0 Å². The van der Waals surface area contributed by atoms with Crippen molar-refractivity contribution in [3.63, 3.8) is 0 Å². The predicted molar refractivity (Wildman–Crippen MR) is 168 cm³/mol. The van der Waals surface area contributed by atoms with Gasteiger partial charge in [0.25, 0.3) is 5.91 Å². The van der Waals surface area contributed by atoms with E-state index in [2.05, 4.69) is 28.1 Å². The Bertz CT molecular complexity index is 1630. The molecule has 0 aliphatic heterocycles. The molecule has 0 aromatic heterocycles. The second kappa shape index (κ2) is 15.5. The predicted octanol–water partition coefficient (Wildman–Crippen LogP) is 5.73. The van der Waals surface area contributed by atoms with Crippen LogP contribution in [-0.4, -0.2) is 36.5 Å². The highest BCUT2D eigenvalue weighted by molar-refractivity contribution is 6.40. The van der Waals surface area contributed by atoms with Gasteiger partial charge < -0.3 is 20.1 Å². The molecule has 3 amide bonds. The van der Waals surface area contributed by atoms with Crippen molar-refractivity contribution in [2.45, 2.75) is 26.7 Å². The molecule has 0 atom stereocenters. The minimum absolute atomic E-state index is 0.169. The molecule has 0 aliphatic carbocycles. The zero-order chi connectivity index (χ0) is 31.3. The molecule has 0 radical (unpaired) electrons. The Morgan fingerprint density at radius 1 is 0.773 bits per heavy atom. The lowest BCUT2D eigenvalue weighted by Crippen LogP contribution is -2.33. The summed E-state index contributed by atoms with van der Waals surface area (Å²) < 4.78 is 11.0. The highest BCUT2D eigenvalue weighted by Crippen LogP contribution is 2.19. The smallest absolute Gasteiger partial charge is 0.343 e. The fraction of sp³-hybridized carbons (Fsp3) is 0.147. The summed E-state index contributed by atoms with van der Waals surface area (Å²) in [5, 5.41) is 9.03. The Labute approximate surface area is 255 Å². The maximum atomic E-state index is 12.8. The maximum Gasteiger partial charge on any atom is 0.343 e. The normalized spacial score (nSPS) is 10.6. The minimum atomic E-state index is -1.03. The quantitative estimate of drug-likeness (QED) is 0.0508. The zero-order valence-corrected chi connectivity index (χ0v) is 24.3. The molecule has 0 bridgehead atoms. The monoisotopic (exact) mass is 592 g/mol. The molecule has 3 N–H and O–H groups in total. The van der Waals surface area contributed by atoms with Gasteiger partial charge in [0.2, 0.25) is 0 Å². The van der Waals surface area contributed by atoms with Crippen molar-refractivity contribution in [3.05, 3.63) is 119 Å². The molecule has 0 saturated heterocycles. The molecule has 10 nitrogen and oxygen atoms in total. The van der Waals surface area contributed by atoms with Crippen LogP contribution in [0.15, 0.2) is 102 Å². The fourth-order valence-corrected chi connectivity index (χ4v) is 3.83. The molecule has 0 aliphatic rings. The molecule has 0 heterocycles. The highest BCUT2D eigenvalue weighted by Gasteiger charge is 2.18. The van der Waals surface area contributed by atoms with E-state index in [4.69, 9.17) is 9.47 Å². The third kappa shape index (κ3) is 9.12. The van der Waals surface area contributed by atoms with Crippen LogP contribution in [0.3, 0.4) is 0 Å². The van der Waals surface area contributed by atoms with Crippen LogP contribution in [-0.2, 0) is 9.59 Å². The van der Waals surface area contributed by atoms with Gasteiger partial charge in [-0.3, -0.25) is 14.4 Å². The number of hydrazone groups is 1. The van der Waals surface area contributed by atoms with E-state index in [1.807, 2.05) is 19.1 Å². The number of carbonyl (C=O) groups excluding carboxylic acids is 4. The summed E-state index contributed by atoms with van der Waals surface area (Å²) >= 11 is 0. The molecule has 224 valence electrons. The van der Waals surface area contributed by atoms with Crippen LogP contribution in [0, 0.1) is 6.92 Å². The third-order valence-electron chi connectivity index (χ3n) is 6.26. The molecule has 0 unspecified atom stereocenters. The van der Waals surface area contributed by atoms with Gasteiger partial charge in [0.15, 0.2) is 0 Å². The number of para-hydroxylation sites is 1. The Balaban J connectivity index is 1.26. The Kier molecular flexibility index (Phi) is 10.9. The number of nitrogens with one attached hydrogen (secondary N) is 3. The Hall–Kier alpha value is -5.77. The topological polar surface area (TPSA) is 135 Å². The fourth-order valence-electron chi connectivity index (χ4n) is 3.83. The van der Waals surface area contributed by atoms with Gasteiger partial charge >= 0.3 is 17.8 Å². The zero-order valence-electron chi connectivity index (χ0n) is 24.3. The van der Waals surface area contributed by atoms with E-state index in [1.165, 1.54) is 18.3 Å². The summed E-state index contributed by atoms with van der Waals surface area (Å²) in [4.78, 5) is 50.1. The number of carbonyl (C=O) groups is 4. The summed E-state index contributed by atoms with van der Waals surface area (Å²) in [7, 11) is 0. The number of benzene rings is 4. The number of rotatable bonds is 11. The van der Waals surface area contributed by atoms with Gasteiger partial charge in [-0.05, 0) is 91.7 Å². The van der Waals surface area contributed by atoms with Crippen molar-refractivity contribution in [2.24, 2.45) is 5.10 Å². The lowest BCUT2D eigenvalue weighted by Gasteiger charge is -2.11. The lowest BCUT2D eigenvalue weighted by atomic mass is 10.1. The van der Waals surface area contributed by atoms with Crippen molar-refractivity contribution in [2.75, 3.05) is 17.2 Å². The van der Waals surface area contributed by atoms with Crippen LogP contribution in [0.4, 0.5) is 11.4 Å². The standard InChI is InChI=1S/C34H32N4O6/c1-3-4-21-43-27-19-13-25(14-20-27)34(42)44-28-17-11-24(12-18-28)22-35-38-33(41)32(40)37-30-8-6-5-7-29(30)31(39)36-26-15-9-23(2)10-16-26/h5-20,22H,3-4,21H2,1-2H3,(H,36,39)(H,37,40)(H,38,41)/b35-22+. The minimum Gasteiger partial charge on any atom is -0.494 e. The summed E-state index contributed by atoms with van der Waals surface area (Å²) in [5.41, 5.74) is 5.12. The molecular formula is C34H32N4O6. The molecule has 0 spiro atoms. The van der Waals surface area contributed by atoms with Crippen molar-refractivity contribution >= 4 is 41.3 Å². The number of amides is 3. The first kappa shape index (κ1) is 31.2. The first-order valence-corrected chi connectivity index (χ1v) is 14.0. The van der Waals surface area contributed by atoms with E-state index in [-0.39, 0.29) is 11.3 Å². The van der Waals surface area contributed by atoms with Crippen molar-refractivity contribution < 1.29 is 28.7 Å². The molecule has 4 aromatic rings. The van der Waals surface area contributed by atoms with E-state index in [1.54, 1.807) is 72.8 Å². The number of unbranched alkanes of at least 4 members (excludes halogenated alkanes) is 1. The molecule has 10 heteroatoms. The molecule has 4 aromatic carbocycles. The van der Waals surface area contributed by atoms with Crippen molar-refractivity contribution in [1.82, 2.24) is 5.43 Å². The van der Waals surface area contributed by atoms with Gasteiger partial charge in [0.05, 0.1) is 29.6 Å². The van der Waals surface area contributed by atoms with Crippen LogP contribution in [0.1, 0.15) is 51.6 Å². The summed E-state index contributed by atoms with van der Waals surface area (Å²) in [5.74, 6) is -1.97. The summed E-state index contributed by atoms with van der Waals surface area (Å²) in [6.07, 6.45) is 3.32. The molecular weight excluding hydrogens is 560 g/mol. The largest absolute Gasteiger partial charge is 0.494 e. The van der Waals surface area contributed by atoms with Crippen LogP contribution < -0.4 is 25.5 Å². The van der Waals surface area contributed by atoms with Crippen molar-refractivity contribution in [3.8, 4) is 11.5 Å². The number of aryl methyl sites for hydroxylation is 1. The van der Waals surface area contributed by atoms with Crippen LogP contribution >= 0.6 is 0 Å². The van der Waals surface area contributed by atoms with Gasteiger partial charge in [-0.1, -0.05) is 43.2 Å². The van der Waals surface area contributed by atoms with E-state index in [0.29, 0.717) is 34.9 Å². The number of anilines is 2. The maximum absolute atomic E-state index is 12.8. The third-order valence-corrected chi connectivity index (χ3v) is 6.26. The highest BCUT2D eigenvalue weighted by atomic mass is 16.5. The molecule has 4 rings (SSSR count). The van der Waals surface area contributed by atoms with Gasteiger partial charge in [-0.25, -0.2) is 10.2 Å². The van der Waals surface area contributed by atoms with Crippen LogP contribution in [0.25, 0.3) is 0 Å². The molecule has 44 heavy (non-hydrogen) atoms. The van der Waals surface area contributed by atoms with Gasteiger partial charge in [-0.15, -0.1) is 0 Å². The number of nitrogens with zero attached hydrogens (tertiary/aromatic N) is 1. The van der Waals surface area contributed by atoms with Gasteiger partial charge in [-0.2, -0.15) is 5.10 Å². The molecule has 0 fully saturated rings. The lowest BCUT2D eigenvalue weighted by molar-refractivity contribution is -0.136. The average molecular weight is 593 g/mol. The van der Waals surface area contributed by atoms with E-state index in [9.17, 15) is 19.2 Å². The summed E-state index contributed by atoms with van der Waals surface area (Å²) in [6, 6.07) is 26.8. The summed E-state index contributed by atoms with van der Waals surface area (Å²) in [6.45, 7) is 4.64. The van der Waals surface area contributed by atoms with Crippen LogP contribution in [0.2, 0.25) is 0 Å². The SMILES string of the molecule is CCCCOc1ccc(C(=O)Oc2ccc(/C=N/NC(=O)C(=O)Nc3ccccc3C(=O)Nc3ccc(C)cc3)cc2)cc1. The number of esters is 1. The first-order valence-electron chi connectivity index (χ1n) is 14.0. The van der Waals surface area contributed by atoms with E-state index in [0.717, 1.165) is 18.4 Å². The average Bonchev–Trinajstić information content (AvgIpc) is 3.03. The number of ether oxygens (including phenoxy) is 2. The second-order valence-corrected chi connectivity index (χ2v) is 9.70. The Morgan fingerprint density at radius 2 is 1.45 bits per heavy atom. The van der Waals surface area contributed by atoms with Crippen LogP contribution in [0.5, 0.6) is 11.5 Å².